The Morgan fingerprint density at radius 1 is 1.18 bits per heavy atom. The summed E-state index contributed by atoms with van der Waals surface area (Å²) in [5.41, 5.74) is 1.34. The van der Waals surface area contributed by atoms with Gasteiger partial charge >= 0.3 is 0 Å². The smallest absolute Gasteiger partial charge is 0.182 e. The molecule has 1 aromatic carbocycles. The number of benzene rings is 1. The summed E-state index contributed by atoms with van der Waals surface area (Å²) in [7, 11) is 0. The van der Waals surface area contributed by atoms with Crippen molar-refractivity contribution < 1.29 is 9.90 Å². The summed E-state index contributed by atoms with van der Waals surface area (Å²) in [6.45, 7) is 0. The van der Waals surface area contributed by atoms with E-state index in [0.29, 0.717) is 24.0 Å². The van der Waals surface area contributed by atoms with E-state index in [2.05, 4.69) is 0 Å². The van der Waals surface area contributed by atoms with Crippen LogP contribution in [-0.4, -0.2) is 5.78 Å². The van der Waals surface area contributed by atoms with Crippen LogP contribution in [0.1, 0.15) is 22.3 Å². The number of rotatable bonds is 0. The van der Waals surface area contributed by atoms with Gasteiger partial charge in [-0.05, 0) is 12.5 Å². The molecule has 55 valence electrons. The zero-order chi connectivity index (χ0) is 7.84. The van der Waals surface area contributed by atoms with E-state index in [1.165, 1.54) is 6.07 Å². The van der Waals surface area contributed by atoms with Crippen molar-refractivity contribution in [2.24, 2.45) is 0 Å². The molecule has 0 atom stereocenters. The van der Waals surface area contributed by atoms with E-state index in [0.717, 1.165) is 0 Å². The molecule has 0 fully saturated rings. The lowest BCUT2D eigenvalue weighted by Crippen LogP contribution is -1.89. The van der Waals surface area contributed by atoms with E-state index >= 15 is 0 Å². The molecular formula is C9H7O2. The zero-order valence-electron chi connectivity index (χ0n) is 5.96. The molecule has 1 aliphatic carbocycles. The highest BCUT2D eigenvalue weighted by molar-refractivity contribution is 6.01. The van der Waals surface area contributed by atoms with E-state index in [1.807, 2.05) is 0 Å². The summed E-state index contributed by atoms with van der Waals surface area (Å²) in [5, 5.41) is 11.1. The van der Waals surface area contributed by atoms with Gasteiger partial charge in [-0.1, -0.05) is 12.1 Å². The largest absolute Gasteiger partial charge is 0.294 e. The molecular weight excluding hydrogens is 140 g/mol. The second-order valence-electron chi connectivity index (χ2n) is 2.71. The van der Waals surface area contributed by atoms with Gasteiger partial charge in [0.05, 0.1) is 0 Å². The van der Waals surface area contributed by atoms with Crippen LogP contribution in [0.25, 0.3) is 0 Å². The molecule has 0 spiro atoms. The molecule has 1 aliphatic rings. The number of carbonyl (C=O) groups is 1. The van der Waals surface area contributed by atoms with Crippen LogP contribution in [0.5, 0.6) is 5.75 Å². The first-order chi connectivity index (χ1) is 5.29. The molecule has 2 rings (SSSR count). The first-order valence-electron chi connectivity index (χ1n) is 3.61. The number of hydrogen-bond acceptors (Lipinski definition) is 1. The van der Waals surface area contributed by atoms with Gasteiger partial charge in [0.2, 0.25) is 0 Å². The van der Waals surface area contributed by atoms with Crippen LogP contribution < -0.4 is 0 Å². The van der Waals surface area contributed by atoms with Crippen molar-refractivity contribution in [1.82, 2.24) is 0 Å². The van der Waals surface area contributed by atoms with Gasteiger partial charge in [-0.3, -0.25) is 9.90 Å². The minimum atomic E-state index is 0.00773. The Labute approximate surface area is 64.5 Å². The standard InChI is InChI=1S/C9H7O2/c10-8-3-1-2-6-7(8)4-5-9(6)11/h1-3H,4-5H2. The predicted molar refractivity (Wildman–Crippen MR) is 39.2 cm³/mol. The molecule has 0 aliphatic heterocycles. The molecule has 11 heavy (non-hydrogen) atoms. The van der Waals surface area contributed by atoms with E-state index < -0.39 is 0 Å². The van der Waals surface area contributed by atoms with Crippen molar-refractivity contribution in [3.8, 4) is 5.75 Å². The van der Waals surface area contributed by atoms with E-state index in [9.17, 15) is 9.90 Å². The van der Waals surface area contributed by atoms with Crippen LogP contribution in [0, 0.1) is 0 Å². The van der Waals surface area contributed by atoms with Crippen molar-refractivity contribution in [3.63, 3.8) is 0 Å². The number of Topliss-reactive ketones (excluding diaryl/α,β-unsaturated/α-hetero) is 1. The lowest BCUT2D eigenvalue weighted by Gasteiger charge is -1.95. The monoisotopic (exact) mass is 147 g/mol. The lowest BCUT2D eigenvalue weighted by molar-refractivity contribution is 0.0994. The first kappa shape index (κ1) is 6.40. The molecule has 1 radical (unpaired) electrons. The first-order valence-corrected chi connectivity index (χ1v) is 3.61. The summed E-state index contributed by atoms with van der Waals surface area (Å²) in [4.78, 5) is 11.1. The van der Waals surface area contributed by atoms with E-state index in [1.54, 1.807) is 12.1 Å². The molecule has 0 saturated carbocycles. The van der Waals surface area contributed by atoms with Gasteiger partial charge in [0.15, 0.2) is 11.5 Å². The van der Waals surface area contributed by atoms with Gasteiger partial charge in [0, 0.05) is 17.5 Å². The van der Waals surface area contributed by atoms with Gasteiger partial charge in [0.1, 0.15) is 0 Å². The minimum Gasteiger partial charge on any atom is -0.294 e. The van der Waals surface area contributed by atoms with Gasteiger partial charge in [-0.15, -0.1) is 0 Å². The van der Waals surface area contributed by atoms with E-state index in [4.69, 9.17) is 0 Å². The van der Waals surface area contributed by atoms with Crippen LogP contribution in [-0.2, 0) is 11.5 Å². The summed E-state index contributed by atoms with van der Waals surface area (Å²) in [6.07, 6.45) is 1.14. The number of hydrogen-bond donors (Lipinski definition) is 0. The van der Waals surface area contributed by atoms with Crippen molar-refractivity contribution in [2.75, 3.05) is 0 Å². The number of fused-ring (bicyclic) bond motifs is 1. The minimum absolute atomic E-state index is 0.00773. The Hall–Kier alpha value is -1.31. The Bertz CT molecular complexity index is 315. The summed E-state index contributed by atoms with van der Waals surface area (Å²) in [5.74, 6) is 0.117. The normalized spacial score (nSPS) is 15.1. The summed E-state index contributed by atoms with van der Waals surface area (Å²) in [6, 6.07) is 4.88. The van der Waals surface area contributed by atoms with Gasteiger partial charge in [-0.2, -0.15) is 0 Å². The second-order valence-corrected chi connectivity index (χ2v) is 2.71. The molecule has 0 saturated heterocycles. The maximum Gasteiger partial charge on any atom is 0.182 e. The van der Waals surface area contributed by atoms with Crippen LogP contribution in [0.15, 0.2) is 18.2 Å². The highest BCUT2D eigenvalue weighted by atomic mass is 16.3. The van der Waals surface area contributed by atoms with Crippen LogP contribution >= 0.6 is 0 Å². The Morgan fingerprint density at radius 2 is 2.00 bits per heavy atom. The SMILES string of the molecule is [O]c1cccc2c1CCC2=O. The van der Waals surface area contributed by atoms with Gasteiger partial charge < -0.3 is 0 Å². The third-order valence-electron chi connectivity index (χ3n) is 2.04. The topological polar surface area (TPSA) is 37.0 Å². The number of ketones is 1. The predicted octanol–water partition coefficient (Wildman–Crippen LogP) is 1.96. The number of carbonyl (C=O) groups excluding carboxylic acids is 1. The Morgan fingerprint density at radius 3 is 2.73 bits per heavy atom. The van der Waals surface area contributed by atoms with Crippen molar-refractivity contribution in [2.45, 2.75) is 12.8 Å². The van der Waals surface area contributed by atoms with Gasteiger partial charge in [0.25, 0.3) is 0 Å². The average Bonchev–Trinajstić information content (AvgIpc) is 2.35. The quantitative estimate of drug-likeness (QED) is 0.552. The van der Waals surface area contributed by atoms with Crippen LogP contribution in [0.4, 0.5) is 0 Å². The molecule has 0 amide bonds. The molecule has 0 heterocycles. The second kappa shape index (κ2) is 2.09. The average molecular weight is 147 g/mol. The maximum absolute atomic E-state index is 11.1. The zero-order valence-corrected chi connectivity index (χ0v) is 5.96. The molecule has 1 aromatic rings. The van der Waals surface area contributed by atoms with Crippen molar-refractivity contribution in [1.29, 1.82) is 0 Å². The third kappa shape index (κ3) is 0.827. The Balaban J connectivity index is 2.66. The summed E-state index contributed by atoms with van der Waals surface area (Å²) >= 11 is 0. The molecule has 0 N–H and O–H groups in total. The van der Waals surface area contributed by atoms with Crippen molar-refractivity contribution in [3.05, 3.63) is 29.3 Å². The van der Waals surface area contributed by atoms with Crippen LogP contribution in [0.3, 0.4) is 0 Å². The fourth-order valence-electron chi connectivity index (χ4n) is 1.46. The van der Waals surface area contributed by atoms with E-state index in [-0.39, 0.29) is 11.5 Å². The Kier molecular flexibility index (Phi) is 1.22. The third-order valence-corrected chi connectivity index (χ3v) is 2.04. The lowest BCUT2D eigenvalue weighted by atomic mass is 10.1. The highest BCUT2D eigenvalue weighted by Gasteiger charge is 2.21. The molecule has 0 unspecified atom stereocenters. The fraction of sp³-hybridized carbons (Fsp3) is 0.222. The van der Waals surface area contributed by atoms with Crippen molar-refractivity contribution >= 4 is 5.78 Å². The van der Waals surface area contributed by atoms with Gasteiger partial charge in [-0.25, -0.2) is 0 Å². The molecule has 2 nitrogen and oxygen atoms in total. The van der Waals surface area contributed by atoms with Crippen LogP contribution in [0.2, 0.25) is 0 Å². The highest BCUT2D eigenvalue weighted by Crippen LogP contribution is 2.29. The summed E-state index contributed by atoms with van der Waals surface area (Å²) < 4.78 is 0. The fourth-order valence-corrected chi connectivity index (χ4v) is 1.46. The molecule has 2 heteroatoms. The molecule has 0 aromatic heterocycles. The molecule has 0 bridgehead atoms. The maximum atomic E-state index is 11.1.